The first kappa shape index (κ1) is 17.2. The van der Waals surface area contributed by atoms with Gasteiger partial charge < -0.3 is 0 Å². The minimum Gasteiger partial charge on any atom is -0.298 e. The lowest BCUT2D eigenvalue weighted by Gasteiger charge is -2.43. The summed E-state index contributed by atoms with van der Waals surface area (Å²) in [5.74, 6) is 0.725. The molecule has 1 aliphatic heterocycles. The molecule has 4 nitrogen and oxygen atoms in total. The molecule has 2 atom stereocenters. The molecule has 128 valence electrons. The van der Waals surface area contributed by atoms with Gasteiger partial charge in [0.15, 0.2) is 0 Å². The first-order valence-electron chi connectivity index (χ1n) is 8.48. The Kier molecular flexibility index (Phi) is 5.31. The van der Waals surface area contributed by atoms with E-state index in [1.165, 1.54) is 25.7 Å². The number of nitrogens with zero attached hydrogens (tertiary/aromatic N) is 2. The molecule has 1 aliphatic carbocycles. The Hall–Kier alpha value is -0.620. The smallest absolute Gasteiger partial charge is 0.243 e. The number of piperazine rings is 1. The van der Waals surface area contributed by atoms with Crippen molar-refractivity contribution in [3.05, 3.63) is 29.3 Å². The standard InChI is InChI=1S/C17H25ClN2O2S/c1-14-4-2-3-5-17(14)19-10-12-20(13-11-19)23(21,22)16-8-6-15(18)7-9-16/h6-9,14,17H,2-5,10-13H2,1H3/t14-,17+/m1/s1. The summed E-state index contributed by atoms with van der Waals surface area (Å²) in [5.41, 5.74) is 0. The van der Waals surface area contributed by atoms with Gasteiger partial charge in [0.2, 0.25) is 10.0 Å². The van der Waals surface area contributed by atoms with E-state index in [9.17, 15) is 8.42 Å². The summed E-state index contributed by atoms with van der Waals surface area (Å²) in [6, 6.07) is 7.08. The molecule has 0 aromatic heterocycles. The second-order valence-corrected chi connectivity index (χ2v) is 9.10. The summed E-state index contributed by atoms with van der Waals surface area (Å²) >= 11 is 5.85. The maximum absolute atomic E-state index is 12.7. The highest BCUT2D eigenvalue weighted by Gasteiger charge is 2.33. The van der Waals surface area contributed by atoms with E-state index in [1.807, 2.05) is 0 Å². The first-order chi connectivity index (χ1) is 11.0. The quantitative estimate of drug-likeness (QED) is 0.834. The van der Waals surface area contributed by atoms with Gasteiger partial charge in [-0.15, -0.1) is 0 Å². The molecule has 6 heteroatoms. The van der Waals surface area contributed by atoms with Crippen LogP contribution in [0.25, 0.3) is 0 Å². The van der Waals surface area contributed by atoms with E-state index in [0.29, 0.717) is 29.0 Å². The van der Waals surface area contributed by atoms with Gasteiger partial charge in [-0.25, -0.2) is 8.42 Å². The Labute approximate surface area is 144 Å². The lowest BCUT2D eigenvalue weighted by Crippen LogP contribution is -2.53. The summed E-state index contributed by atoms with van der Waals surface area (Å²) in [5, 5.41) is 0.556. The number of rotatable bonds is 3. The highest BCUT2D eigenvalue weighted by Crippen LogP contribution is 2.29. The van der Waals surface area contributed by atoms with Crippen LogP contribution in [-0.4, -0.2) is 49.8 Å². The topological polar surface area (TPSA) is 40.6 Å². The highest BCUT2D eigenvalue weighted by atomic mass is 35.5. The van der Waals surface area contributed by atoms with Gasteiger partial charge in [-0.3, -0.25) is 4.90 Å². The van der Waals surface area contributed by atoms with Gasteiger partial charge in [0.25, 0.3) is 0 Å². The molecular formula is C17H25ClN2O2S. The first-order valence-corrected chi connectivity index (χ1v) is 10.3. The summed E-state index contributed by atoms with van der Waals surface area (Å²) in [6.07, 6.45) is 5.19. The molecule has 0 spiro atoms. The van der Waals surface area contributed by atoms with Crippen LogP contribution in [0.15, 0.2) is 29.2 Å². The maximum atomic E-state index is 12.7. The van der Waals surface area contributed by atoms with Crippen LogP contribution in [0.5, 0.6) is 0 Å². The predicted molar refractivity (Wildman–Crippen MR) is 93.2 cm³/mol. The van der Waals surface area contributed by atoms with Crippen molar-refractivity contribution >= 4 is 21.6 Å². The van der Waals surface area contributed by atoms with Gasteiger partial charge in [-0.1, -0.05) is 31.4 Å². The zero-order chi connectivity index (χ0) is 16.4. The Morgan fingerprint density at radius 1 is 1.00 bits per heavy atom. The fourth-order valence-electron chi connectivity index (χ4n) is 3.87. The molecule has 2 aliphatic rings. The van der Waals surface area contributed by atoms with E-state index >= 15 is 0 Å². The van der Waals surface area contributed by atoms with Crippen molar-refractivity contribution in [2.75, 3.05) is 26.2 Å². The fraction of sp³-hybridized carbons (Fsp3) is 0.647. The van der Waals surface area contributed by atoms with Crippen molar-refractivity contribution in [2.45, 2.75) is 43.5 Å². The zero-order valence-electron chi connectivity index (χ0n) is 13.6. The Balaban J connectivity index is 1.65. The minimum atomic E-state index is -3.40. The normalized spacial score (nSPS) is 27.9. The summed E-state index contributed by atoms with van der Waals surface area (Å²) in [6.45, 7) is 5.16. The number of sulfonamides is 1. The third kappa shape index (κ3) is 3.73. The number of hydrogen-bond donors (Lipinski definition) is 0. The SMILES string of the molecule is C[C@@H]1CCCC[C@@H]1N1CCN(S(=O)(=O)c2ccc(Cl)cc2)CC1. The summed E-state index contributed by atoms with van der Waals surface area (Å²) in [7, 11) is -3.40. The second-order valence-electron chi connectivity index (χ2n) is 6.72. The third-order valence-electron chi connectivity index (χ3n) is 5.26. The molecule has 0 radical (unpaired) electrons. The van der Waals surface area contributed by atoms with Crippen LogP contribution in [0, 0.1) is 5.92 Å². The lowest BCUT2D eigenvalue weighted by molar-refractivity contribution is 0.0786. The predicted octanol–water partition coefficient (Wildman–Crippen LogP) is 3.23. The van der Waals surface area contributed by atoms with Crippen molar-refractivity contribution in [3.8, 4) is 0 Å². The van der Waals surface area contributed by atoms with Crippen molar-refractivity contribution in [1.29, 1.82) is 0 Å². The van der Waals surface area contributed by atoms with Gasteiger partial charge in [0.1, 0.15) is 0 Å². The van der Waals surface area contributed by atoms with E-state index in [-0.39, 0.29) is 0 Å². The molecule has 0 unspecified atom stereocenters. The van der Waals surface area contributed by atoms with Crippen LogP contribution in [-0.2, 0) is 10.0 Å². The second kappa shape index (κ2) is 7.09. The molecule has 1 aromatic rings. The highest BCUT2D eigenvalue weighted by molar-refractivity contribution is 7.89. The van der Waals surface area contributed by atoms with Crippen LogP contribution in [0.3, 0.4) is 0 Å². The van der Waals surface area contributed by atoms with Gasteiger partial charge in [-0.2, -0.15) is 4.31 Å². The monoisotopic (exact) mass is 356 g/mol. The van der Waals surface area contributed by atoms with E-state index in [4.69, 9.17) is 11.6 Å². The van der Waals surface area contributed by atoms with Crippen LogP contribution in [0.1, 0.15) is 32.6 Å². The third-order valence-corrected chi connectivity index (χ3v) is 7.42. The molecule has 1 saturated carbocycles. The number of halogens is 1. The lowest BCUT2D eigenvalue weighted by atomic mass is 9.84. The molecular weight excluding hydrogens is 332 g/mol. The van der Waals surface area contributed by atoms with E-state index < -0.39 is 10.0 Å². The molecule has 0 amide bonds. The van der Waals surface area contributed by atoms with Gasteiger partial charge in [0, 0.05) is 37.2 Å². The molecule has 0 N–H and O–H groups in total. The van der Waals surface area contributed by atoms with Crippen LogP contribution >= 0.6 is 11.6 Å². The average molecular weight is 357 g/mol. The van der Waals surface area contributed by atoms with Crippen molar-refractivity contribution in [3.63, 3.8) is 0 Å². The van der Waals surface area contributed by atoms with Crippen LogP contribution in [0.4, 0.5) is 0 Å². The van der Waals surface area contributed by atoms with Gasteiger partial charge in [0.05, 0.1) is 4.90 Å². The number of benzene rings is 1. The van der Waals surface area contributed by atoms with Gasteiger partial charge >= 0.3 is 0 Å². The molecule has 1 heterocycles. The molecule has 1 saturated heterocycles. The van der Waals surface area contributed by atoms with E-state index in [1.54, 1.807) is 28.6 Å². The number of hydrogen-bond acceptors (Lipinski definition) is 3. The Bertz CT molecular complexity index is 624. The van der Waals surface area contributed by atoms with Crippen molar-refractivity contribution < 1.29 is 8.42 Å². The molecule has 2 fully saturated rings. The largest absolute Gasteiger partial charge is 0.298 e. The van der Waals surface area contributed by atoms with Crippen LogP contribution < -0.4 is 0 Å². The molecule has 3 rings (SSSR count). The average Bonchev–Trinajstić information content (AvgIpc) is 2.56. The van der Waals surface area contributed by atoms with E-state index in [0.717, 1.165) is 19.0 Å². The maximum Gasteiger partial charge on any atom is 0.243 e. The van der Waals surface area contributed by atoms with Crippen molar-refractivity contribution in [2.24, 2.45) is 5.92 Å². The summed E-state index contributed by atoms with van der Waals surface area (Å²) < 4.78 is 27.0. The molecule has 23 heavy (non-hydrogen) atoms. The van der Waals surface area contributed by atoms with E-state index in [2.05, 4.69) is 11.8 Å². The zero-order valence-corrected chi connectivity index (χ0v) is 15.2. The Morgan fingerprint density at radius 3 is 2.22 bits per heavy atom. The van der Waals surface area contributed by atoms with Gasteiger partial charge in [-0.05, 0) is 43.0 Å². The Morgan fingerprint density at radius 2 is 1.61 bits per heavy atom. The fourth-order valence-corrected chi connectivity index (χ4v) is 5.42. The van der Waals surface area contributed by atoms with Crippen molar-refractivity contribution in [1.82, 2.24) is 9.21 Å². The molecule has 1 aromatic carbocycles. The minimum absolute atomic E-state index is 0.335. The van der Waals surface area contributed by atoms with Crippen LogP contribution in [0.2, 0.25) is 5.02 Å². The molecule has 0 bridgehead atoms. The summed E-state index contributed by atoms with van der Waals surface area (Å²) in [4.78, 5) is 2.83.